The Morgan fingerprint density at radius 2 is 1.76 bits per heavy atom. The van der Waals surface area contributed by atoms with Crippen molar-refractivity contribution >= 4 is 39.2 Å². The summed E-state index contributed by atoms with van der Waals surface area (Å²) in [5, 5.41) is 6.42. The number of hydrogen-bond donors (Lipinski definition) is 2. The summed E-state index contributed by atoms with van der Waals surface area (Å²) < 4.78 is 43.2. The van der Waals surface area contributed by atoms with Gasteiger partial charge in [-0.3, -0.25) is 9.69 Å². The molecule has 0 atom stereocenters. The van der Waals surface area contributed by atoms with Crippen LogP contribution in [0.4, 0.5) is 22.1 Å². The van der Waals surface area contributed by atoms with Gasteiger partial charge in [-0.1, -0.05) is 5.16 Å². The molecular weight excluding hydrogens is 502 g/mol. The maximum atomic E-state index is 12.9. The van der Waals surface area contributed by atoms with Gasteiger partial charge < -0.3 is 24.2 Å². The molecule has 0 saturated carbocycles. The Balaban J connectivity index is 1.36. The fourth-order valence-corrected chi connectivity index (χ4v) is 4.79. The minimum Gasteiger partial charge on any atom is -0.493 e. The highest BCUT2D eigenvalue weighted by atomic mass is 32.2. The minimum absolute atomic E-state index is 0.0146. The number of aromatic nitrogens is 1. The highest BCUT2D eigenvalue weighted by Crippen LogP contribution is 2.32. The molecule has 196 valence electrons. The van der Waals surface area contributed by atoms with Crippen molar-refractivity contribution < 1.29 is 32.0 Å². The molecule has 1 aromatic heterocycles. The molecule has 3 aromatic rings. The van der Waals surface area contributed by atoms with Gasteiger partial charge in [-0.15, -0.1) is 0 Å². The molecule has 2 aromatic carbocycles. The van der Waals surface area contributed by atoms with Crippen molar-refractivity contribution in [2.75, 3.05) is 48.8 Å². The number of benzene rings is 2. The van der Waals surface area contributed by atoms with Gasteiger partial charge in [0, 0.05) is 36.1 Å². The van der Waals surface area contributed by atoms with Crippen LogP contribution in [-0.4, -0.2) is 64.3 Å². The van der Waals surface area contributed by atoms with Crippen molar-refractivity contribution in [2.24, 2.45) is 0 Å². The number of aryl methyl sites for hydroxylation is 1. The number of nitrogens with zero attached hydrogens (tertiary/aromatic N) is 3. The van der Waals surface area contributed by atoms with E-state index in [0.29, 0.717) is 47.2 Å². The van der Waals surface area contributed by atoms with E-state index in [1.165, 1.54) is 43.4 Å². The van der Waals surface area contributed by atoms with E-state index in [-0.39, 0.29) is 23.4 Å². The number of carbonyl (C=O) groups excluding carboxylic acids is 2. The highest BCUT2D eigenvalue weighted by molar-refractivity contribution is 7.92. The molecule has 37 heavy (non-hydrogen) atoms. The van der Waals surface area contributed by atoms with E-state index in [2.05, 4.69) is 15.2 Å². The van der Waals surface area contributed by atoms with Gasteiger partial charge >= 0.3 is 6.03 Å². The van der Waals surface area contributed by atoms with Crippen LogP contribution in [-0.2, 0) is 14.8 Å². The standard InChI is InChI=1S/C24H27N5O7S/c1-15-16(2)26-36-23(15)27-37(32,33)19-8-5-17(6-9-19)25-22(30)14-28-11-12-29(24(28)31)18-7-10-20(34-3)21(13-18)35-4/h5-10,13,27H,11-12,14H2,1-4H3,(H,25,30). The molecule has 2 heterocycles. The molecule has 2 N–H and O–H groups in total. The molecule has 0 bridgehead atoms. The first kappa shape index (κ1) is 25.8. The Hall–Kier alpha value is -4.26. The van der Waals surface area contributed by atoms with Crippen LogP contribution in [0.3, 0.4) is 0 Å². The van der Waals surface area contributed by atoms with Crippen LogP contribution in [0.25, 0.3) is 0 Å². The van der Waals surface area contributed by atoms with E-state index in [4.69, 9.17) is 14.0 Å². The van der Waals surface area contributed by atoms with Crippen molar-refractivity contribution in [2.45, 2.75) is 18.7 Å². The van der Waals surface area contributed by atoms with E-state index in [1.807, 2.05) is 0 Å². The second-order valence-corrected chi connectivity index (χ2v) is 9.98. The zero-order chi connectivity index (χ0) is 26.7. The van der Waals surface area contributed by atoms with Crippen LogP contribution in [0, 0.1) is 13.8 Å². The number of ether oxygens (including phenoxy) is 2. The van der Waals surface area contributed by atoms with Gasteiger partial charge in [-0.05, 0) is 50.2 Å². The largest absolute Gasteiger partial charge is 0.493 e. The summed E-state index contributed by atoms with van der Waals surface area (Å²) >= 11 is 0. The Morgan fingerprint density at radius 1 is 1.05 bits per heavy atom. The number of anilines is 3. The van der Waals surface area contributed by atoms with Gasteiger partial charge in [-0.2, -0.15) is 0 Å². The lowest BCUT2D eigenvalue weighted by Crippen LogP contribution is -2.37. The van der Waals surface area contributed by atoms with Crippen LogP contribution in [0.1, 0.15) is 11.3 Å². The Bertz CT molecular complexity index is 1420. The highest BCUT2D eigenvalue weighted by Gasteiger charge is 2.31. The second kappa shape index (κ2) is 10.4. The van der Waals surface area contributed by atoms with Crippen molar-refractivity contribution in [3.05, 3.63) is 53.7 Å². The summed E-state index contributed by atoms with van der Waals surface area (Å²) in [4.78, 5) is 28.5. The number of sulfonamides is 1. The monoisotopic (exact) mass is 529 g/mol. The minimum atomic E-state index is -3.91. The van der Waals surface area contributed by atoms with Gasteiger partial charge in [0.2, 0.25) is 11.8 Å². The number of rotatable bonds is 9. The molecule has 4 rings (SSSR count). The van der Waals surface area contributed by atoms with Gasteiger partial charge in [0.1, 0.15) is 6.54 Å². The van der Waals surface area contributed by atoms with Crippen LogP contribution < -0.4 is 24.4 Å². The molecule has 1 fully saturated rings. The van der Waals surface area contributed by atoms with Crippen LogP contribution in [0.5, 0.6) is 11.5 Å². The third kappa shape index (κ3) is 5.45. The molecule has 1 saturated heterocycles. The summed E-state index contributed by atoms with van der Waals surface area (Å²) in [5.41, 5.74) is 2.19. The van der Waals surface area contributed by atoms with Crippen LogP contribution in [0.15, 0.2) is 51.9 Å². The molecule has 1 aliphatic heterocycles. The average Bonchev–Trinajstić information content (AvgIpc) is 3.39. The van der Waals surface area contributed by atoms with Crippen LogP contribution in [0.2, 0.25) is 0 Å². The molecule has 3 amide bonds. The van der Waals surface area contributed by atoms with Gasteiger partial charge in [-0.25, -0.2) is 17.9 Å². The summed E-state index contributed by atoms with van der Waals surface area (Å²) in [6.07, 6.45) is 0. The SMILES string of the molecule is COc1ccc(N2CCN(CC(=O)Nc3ccc(S(=O)(=O)Nc4onc(C)c4C)cc3)C2=O)cc1OC. The van der Waals surface area contributed by atoms with E-state index in [0.717, 1.165) is 0 Å². The first-order valence-electron chi connectivity index (χ1n) is 11.3. The van der Waals surface area contributed by atoms with Gasteiger partial charge in [0.25, 0.3) is 10.0 Å². The summed E-state index contributed by atoms with van der Waals surface area (Å²) in [5.74, 6) is 0.680. The number of methoxy groups -OCH3 is 2. The number of hydrogen-bond acceptors (Lipinski definition) is 8. The van der Waals surface area contributed by atoms with E-state index in [1.54, 1.807) is 36.9 Å². The quantitative estimate of drug-likeness (QED) is 0.431. The van der Waals surface area contributed by atoms with E-state index >= 15 is 0 Å². The predicted octanol–water partition coefficient (Wildman–Crippen LogP) is 2.99. The Kier molecular flexibility index (Phi) is 7.25. The molecule has 0 aliphatic carbocycles. The fraction of sp³-hybridized carbons (Fsp3) is 0.292. The molecule has 0 spiro atoms. The first-order valence-corrected chi connectivity index (χ1v) is 12.8. The van der Waals surface area contributed by atoms with Crippen molar-refractivity contribution in [3.8, 4) is 11.5 Å². The molecule has 12 nitrogen and oxygen atoms in total. The molecule has 1 aliphatic rings. The van der Waals surface area contributed by atoms with E-state index < -0.39 is 15.9 Å². The van der Waals surface area contributed by atoms with Crippen LogP contribution >= 0.6 is 0 Å². The smallest absolute Gasteiger partial charge is 0.325 e. The van der Waals surface area contributed by atoms with Crippen molar-refractivity contribution in [1.82, 2.24) is 10.1 Å². The average molecular weight is 530 g/mol. The number of amides is 3. The fourth-order valence-electron chi connectivity index (χ4n) is 3.74. The third-order valence-corrected chi connectivity index (χ3v) is 7.29. The zero-order valence-electron chi connectivity index (χ0n) is 20.8. The predicted molar refractivity (Wildman–Crippen MR) is 136 cm³/mol. The van der Waals surface area contributed by atoms with Crippen molar-refractivity contribution in [3.63, 3.8) is 0 Å². The molecular formula is C24H27N5O7S. The second-order valence-electron chi connectivity index (χ2n) is 8.30. The van der Waals surface area contributed by atoms with Crippen molar-refractivity contribution in [1.29, 1.82) is 0 Å². The number of nitrogens with one attached hydrogen (secondary N) is 2. The Labute approximate surface area is 214 Å². The number of urea groups is 1. The number of carbonyl (C=O) groups is 2. The molecule has 13 heteroatoms. The first-order chi connectivity index (χ1) is 17.6. The normalized spacial score (nSPS) is 13.6. The van der Waals surface area contributed by atoms with Gasteiger partial charge in [0.05, 0.1) is 24.8 Å². The topological polar surface area (TPSA) is 143 Å². The summed E-state index contributed by atoms with van der Waals surface area (Å²) in [7, 11) is -0.862. The molecule has 0 unspecified atom stereocenters. The maximum absolute atomic E-state index is 12.9. The zero-order valence-corrected chi connectivity index (χ0v) is 21.6. The third-order valence-electron chi connectivity index (χ3n) is 5.94. The maximum Gasteiger partial charge on any atom is 0.325 e. The molecule has 0 radical (unpaired) electrons. The summed E-state index contributed by atoms with van der Waals surface area (Å²) in [6.45, 7) is 4.02. The lowest BCUT2D eigenvalue weighted by molar-refractivity contribution is -0.116. The van der Waals surface area contributed by atoms with E-state index in [9.17, 15) is 18.0 Å². The van der Waals surface area contributed by atoms with Gasteiger partial charge in [0.15, 0.2) is 11.5 Å². The lowest BCUT2D eigenvalue weighted by Gasteiger charge is -2.19. The summed E-state index contributed by atoms with van der Waals surface area (Å²) in [6, 6.07) is 10.5. The lowest BCUT2D eigenvalue weighted by atomic mass is 10.2. The Morgan fingerprint density at radius 3 is 2.38 bits per heavy atom.